The highest BCUT2D eigenvalue weighted by molar-refractivity contribution is 5.27. The Bertz CT molecular complexity index is 364. The van der Waals surface area contributed by atoms with Crippen LogP contribution in [-0.2, 0) is 6.42 Å². The van der Waals surface area contributed by atoms with E-state index in [1.54, 1.807) is 7.11 Å². The summed E-state index contributed by atoms with van der Waals surface area (Å²) in [6.07, 6.45) is 2.48. The van der Waals surface area contributed by atoms with Crippen LogP contribution in [0.15, 0.2) is 24.3 Å². The summed E-state index contributed by atoms with van der Waals surface area (Å²) in [4.78, 5) is 2.59. The van der Waals surface area contributed by atoms with Gasteiger partial charge in [0.25, 0.3) is 0 Å². The smallest absolute Gasteiger partial charge is 0.118 e. The molecule has 0 amide bonds. The zero-order valence-corrected chi connectivity index (χ0v) is 12.2. The molecule has 3 nitrogen and oxygen atoms in total. The minimum Gasteiger partial charge on any atom is -0.497 e. The molecule has 1 atom stereocenters. The fourth-order valence-electron chi connectivity index (χ4n) is 2.71. The summed E-state index contributed by atoms with van der Waals surface area (Å²) in [5, 5.41) is 3.46. The molecule has 1 N–H and O–H groups in total. The molecule has 1 unspecified atom stereocenters. The van der Waals surface area contributed by atoms with Gasteiger partial charge in [-0.15, -0.1) is 0 Å². The molecule has 0 aromatic heterocycles. The van der Waals surface area contributed by atoms with Gasteiger partial charge in [-0.05, 0) is 56.1 Å². The Labute approximate surface area is 116 Å². The standard InChI is InChI=1S/C16H26N2O/c1-3-17-12-15-9-11-18(13-15)10-8-14-4-6-16(19-2)7-5-14/h4-7,15,17H,3,8-13H2,1-2H3. The predicted molar refractivity (Wildman–Crippen MR) is 79.8 cm³/mol. The summed E-state index contributed by atoms with van der Waals surface area (Å²) < 4.78 is 5.18. The van der Waals surface area contributed by atoms with E-state index < -0.39 is 0 Å². The Morgan fingerprint density at radius 2 is 2.11 bits per heavy atom. The maximum Gasteiger partial charge on any atom is 0.118 e. The van der Waals surface area contributed by atoms with E-state index in [4.69, 9.17) is 4.74 Å². The molecule has 19 heavy (non-hydrogen) atoms. The van der Waals surface area contributed by atoms with Gasteiger partial charge in [-0.25, -0.2) is 0 Å². The fourth-order valence-corrected chi connectivity index (χ4v) is 2.71. The molecule has 1 heterocycles. The number of ether oxygens (including phenoxy) is 1. The first-order valence-corrected chi connectivity index (χ1v) is 7.37. The molecular weight excluding hydrogens is 236 g/mol. The van der Waals surface area contributed by atoms with Gasteiger partial charge in [0.05, 0.1) is 7.11 Å². The highest BCUT2D eigenvalue weighted by Gasteiger charge is 2.21. The summed E-state index contributed by atoms with van der Waals surface area (Å²) in [5.74, 6) is 1.78. The van der Waals surface area contributed by atoms with Crippen LogP contribution in [0.3, 0.4) is 0 Å². The van der Waals surface area contributed by atoms with E-state index >= 15 is 0 Å². The summed E-state index contributed by atoms with van der Waals surface area (Å²) in [7, 11) is 1.71. The van der Waals surface area contributed by atoms with Crippen molar-refractivity contribution in [3.63, 3.8) is 0 Å². The molecule has 1 aromatic rings. The largest absolute Gasteiger partial charge is 0.497 e. The quantitative estimate of drug-likeness (QED) is 0.815. The van der Waals surface area contributed by atoms with Gasteiger partial charge in [-0.2, -0.15) is 0 Å². The molecule has 1 saturated heterocycles. The SMILES string of the molecule is CCNCC1CCN(CCc2ccc(OC)cc2)C1. The van der Waals surface area contributed by atoms with Gasteiger partial charge < -0.3 is 15.0 Å². The van der Waals surface area contributed by atoms with Gasteiger partial charge in [0, 0.05) is 13.1 Å². The number of nitrogens with one attached hydrogen (secondary N) is 1. The van der Waals surface area contributed by atoms with Crippen molar-refractivity contribution in [3.05, 3.63) is 29.8 Å². The Hall–Kier alpha value is -1.06. The van der Waals surface area contributed by atoms with E-state index in [9.17, 15) is 0 Å². The van der Waals surface area contributed by atoms with Crippen LogP contribution < -0.4 is 10.1 Å². The molecular formula is C16H26N2O. The third-order valence-electron chi connectivity index (χ3n) is 3.93. The third kappa shape index (κ3) is 4.51. The van der Waals surface area contributed by atoms with Crippen molar-refractivity contribution in [2.45, 2.75) is 19.8 Å². The van der Waals surface area contributed by atoms with Crippen molar-refractivity contribution in [1.29, 1.82) is 0 Å². The molecule has 0 radical (unpaired) electrons. The first kappa shape index (κ1) is 14.4. The lowest BCUT2D eigenvalue weighted by atomic mass is 10.1. The Morgan fingerprint density at radius 3 is 2.79 bits per heavy atom. The van der Waals surface area contributed by atoms with Crippen LogP contribution in [0.2, 0.25) is 0 Å². The summed E-state index contributed by atoms with van der Waals surface area (Å²) in [5.41, 5.74) is 1.40. The van der Waals surface area contributed by atoms with E-state index in [1.165, 1.54) is 38.2 Å². The second-order valence-electron chi connectivity index (χ2n) is 5.36. The molecule has 1 aromatic carbocycles. The molecule has 1 aliphatic heterocycles. The predicted octanol–water partition coefficient (Wildman–Crippen LogP) is 2.17. The van der Waals surface area contributed by atoms with Crippen molar-refractivity contribution in [1.82, 2.24) is 10.2 Å². The molecule has 0 aliphatic carbocycles. The van der Waals surface area contributed by atoms with Crippen LogP contribution >= 0.6 is 0 Å². The van der Waals surface area contributed by atoms with Crippen LogP contribution in [0, 0.1) is 5.92 Å². The average molecular weight is 262 g/mol. The molecule has 106 valence electrons. The zero-order chi connectivity index (χ0) is 13.5. The van der Waals surface area contributed by atoms with Crippen molar-refractivity contribution in [2.75, 3.05) is 39.8 Å². The lowest BCUT2D eigenvalue weighted by Crippen LogP contribution is -2.27. The van der Waals surface area contributed by atoms with Gasteiger partial charge in [-0.1, -0.05) is 19.1 Å². The van der Waals surface area contributed by atoms with Gasteiger partial charge in [0.2, 0.25) is 0 Å². The molecule has 1 aliphatic rings. The van der Waals surface area contributed by atoms with E-state index in [0.717, 1.165) is 24.6 Å². The number of likely N-dealkylation sites (tertiary alicyclic amines) is 1. The number of nitrogens with zero attached hydrogens (tertiary/aromatic N) is 1. The Balaban J connectivity index is 1.70. The maximum atomic E-state index is 5.18. The highest BCUT2D eigenvalue weighted by atomic mass is 16.5. The van der Waals surface area contributed by atoms with E-state index in [-0.39, 0.29) is 0 Å². The zero-order valence-electron chi connectivity index (χ0n) is 12.2. The van der Waals surface area contributed by atoms with Crippen LogP contribution in [0.25, 0.3) is 0 Å². The number of hydrogen-bond acceptors (Lipinski definition) is 3. The maximum absolute atomic E-state index is 5.18. The average Bonchev–Trinajstić information content (AvgIpc) is 2.91. The van der Waals surface area contributed by atoms with Gasteiger partial charge in [0.1, 0.15) is 5.75 Å². The van der Waals surface area contributed by atoms with Gasteiger partial charge >= 0.3 is 0 Å². The molecule has 0 bridgehead atoms. The normalized spacial score (nSPS) is 19.8. The lowest BCUT2D eigenvalue weighted by Gasteiger charge is -2.16. The van der Waals surface area contributed by atoms with Crippen LogP contribution in [0.4, 0.5) is 0 Å². The first-order valence-electron chi connectivity index (χ1n) is 7.37. The second-order valence-corrected chi connectivity index (χ2v) is 5.36. The summed E-state index contributed by atoms with van der Waals surface area (Å²) in [6.45, 7) is 8.12. The molecule has 3 heteroatoms. The number of benzene rings is 1. The fraction of sp³-hybridized carbons (Fsp3) is 0.625. The van der Waals surface area contributed by atoms with E-state index in [1.807, 2.05) is 12.1 Å². The van der Waals surface area contributed by atoms with Crippen molar-refractivity contribution < 1.29 is 4.74 Å². The van der Waals surface area contributed by atoms with Crippen LogP contribution in [0.1, 0.15) is 18.9 Å². The minimum absolute atomic E-state index is 0.843. The first-order chi connectivity index (χ1) is 9.31. The number of hydrogen-bond donors (Lipinski definition) is 1. The van der Waals surface area contributed by atoms with Gasteiger partial charge in [-0.3, -0.25) is 0 Å². The number of rotatable bonds is 7. The molecule has 1 fully saturated rings. The van der Waals surface area contributed by atoms with Crippen molar-refractivity contribution in [3.8, 4) is 5.75 Å². The monoisotopic (exact) mass is 262 g/mol. The van der Waals surface area contributed by atoms with Crippen molar-refractivity contribution >= 4 is 0 Å². The summed E-state index contributed by atoms with van der Waals surface area (Å²) in [6, 6.07) is 8.44. The topological polar surface area (TPSA) is 24.5 Å². The van der Waals surface area contributed by atoms with Crippen LogP contribution in [-0.4, -0.2) is 44.7 Å². The Morgan fingerprint density at radius 1 is 1.32 bits per heavy atom. The molecule has 2 rings (SSSR count). The van der Waals surface area contributed by atoms with E-state index in [0.29, 0.717) is 0 Å². The lowest BCUT2D eigenvalue weighted by molar-refractivity contribution is 0.326. The number of methoxy groups -OCH3 is 1. The van der Waals surface area contributed by atoms with Crippen molar-refractivity contribution in [2.24, 2.45) is 5.92 Å². The van der Waals surface area contributed by atoms with Gasteiger partial charge in [0.15, 0.2) is 0 Å². The second kappa shape index (κ2) is 7.51. The minimum atomic E-state index is 0.843. The van der Waals surface area contributed by atoms with Crippen LogP contribution in [0.5, 0.6) is 5.75 Å². The molecule has 0 saturated carbocycles. The summed E-state index contributed by atoms with van der Waals surface area (Å²) >= 11 is 0. The highest BCUT2D eigenvalue weighted by Crippen LogP contribution is 2.17. The Kier molecular flexibility index (Phi) is 5.67. The third-order valence-corrected chi connectivity index (χ3v) is 3.93. The molecule has 0 spiro atoms. The van der Waals surface area contributed by atoms with E-state index in [2.05, 4.69) is 29.3 Å².